The predicted octanol–water partition coefficient (Wildman–Crippen LogP) is 2.12. The van der Waals surface area contributed by atoms with Crippen LogP contribution in [0, 0.1) is 0 Å². The van der Waals surface area contributed by atoms with E-state index in [-0.39, 0.29) is 11.2 Å². The largest absolute Gasteiger partial charge is 0.471 e. The normalized spacial score (nSPS) is 18.7. The second-order valence-corrected chi connectivity index (χ2v) is 8.21. The first-order chi connectivity index (χ1) is 14.0. The Morgan fingerprint density at radius 3 is 2.83 bits per heavy atom. The third-order valence-electron chi connectivity index (χ3n) is 5.73. The van der Waals surface area contributed by atoms with E-state index in [9.17, 15) is 4.79 Å². The van der Waals surface area contributed by atoms with Crippen LogP contribution in [0.3, 0.4) is 0 Å². The molecule has 0 spiro atoms. The molecular weight excluding hydrogens is 370 g/mol. The van der Waals surface area contributed by atoms with Crippen molar-refractivity contribution >= 4 is 22.5 Å². The number of anilines is 2. The van der Waals surface area contributed by atoms with Crippen LogP contribution in [0.25, 0.3) is 10.9 Å². The fourth-order valence-corrected chi connectivity index (χ4v) is 3.65. The van der Waals surface area contributed by atoms with Crippen molar-refractivity contribution in [1.82, 2.24) is 29.6 Å². The third-order valence-corrected chi connectivity index (χ3v) is 5.73. The minimum atomic E-state index is -0.251. The monoisotopic (exact) mass is 395 g/mol. The van der Waals surface area contributed by atoms with Gasteiger partial charge in [0.2, 0.25) is 11.8 Å². The number of nitrogens with one attached hydrogen (secondary N) is 2. The SMILES string of the molecule is Cn1ccc2nc(Nc3cnn(C4CCNCC4)c3)nc(OC3(C)CC3)c2c1=O. The van der Waals surface area contributed by atoms with Crippen LogP contribution in [0.5, 0.6) is 5.88 Å². The number of ether oxygens (including phenoxy) is 1. The Morgan fingerprint density at radius 1 is 1.28 bits per heavy atom. The molecule has 0 aromatic carbocycles. The van der Waals surface area contributed by atoms with E-state index in [1.54, 1.807) is 19.4 Å². The zero-order chi connectivity index (χ0) is 20.0. The summed E-state index contributed by atoms with van der Waals surface area (Å²) in [4.78, 5) is 21.8. The van der Waals surface area contributed by atoms with Crippen molar-refractivity contribution in [2.75, 3.05) is 18.4 Å². The van der Waals surface area contributed by atoms with Gasteiger partial charge in [-0.2, -0.15) is 10.1 Å². The Labute approximate surface area is 168 Å². The number of piperidine rings is 1. The highest BCUT2D eigenvalue weighted by molar-refractivity contribution is 5.84. The van der Waals surface area contributed by atoms with E-state index in [1.807, 2.05) is 23.9 Å². The maximum Gasteiger partial charge on any atom is 0.265 e. The molecule has 0 unspecified atom stereocenters. The molecule has 2 N–H and O–H groups in total. The van der Waals surface area contributed by atoms with E-state index in [4.69, 9.17) is 4.74 Å². The van der Waals surface area contributed by atoms with E-state index in [0.29, 0.717) is 28.8 Å². The van der Waals surface area contributed by atoms with Crippen LogP contribution in [0.15, 0.2) is 29.5 Å². The summed E-state index contributed by atoms with van der Waals surface area (Å²) >= 11 is 0. The lowest BCUT2D eigenvalue weighted by molar-refractivity contribution is 0.194. The first-order valence-electron chi connectivity index (χ1n) is 10.1. The standard InChI is InChI=1S/C20H25N7O2/c1-20(6-7-20)29-17-16-15(5-10-26(2)18(16)28)24-19(25-17)23-13-11-22-27(12-13)14-3-8-21-9-4-14/h5,10-12,14,21H,3-4,6-9H2,1-2H3,(H,23,24,25). The number of aromatic nitrogens is 5. The summed E-state index contributed by atoms with van der Waals surface area (Å²) in [7, 11) is 1.71. The van der Waals surface area contributed by atoms with Gasteiger partial charge in [-0.25, -0.2) is 4.98 Å². The Bertz CT molecular complexity index is 1110. The van der Waals surface area contributed by atoms with Gasteiger partial charge < -0.3 is 19.9 Å². The molecule has 29 heavy (non-hydrogen) atoms. The van der Waals surface area contributed by atoms with Gasteiger partial charge in [0.25, 0.3) is 5.56 Å². The van der Waals surface area contributed by atoms with Crippen molar-refractivity contribution in [1.29, 1.82) is 0 Å². The molecule has 5 rings (SSSR count). The first kappa shape index (κ1) is 18.1. The van der Waals surface area contributed by atoms with Crippen molar-refractivity contribution < 1.29 is 4.74 Å². The lowest BCUT2D eigenvalue weighted by Gasteiger charge is -2.22. The molecule has 9 nitrogen and oxygen atoms in total. The molecule has 2 fully saturated rings. The van der Waals surface area contributed by atoms with Crippen LogP contribution in [0.4, 0.5) is 11.6 Å². The minimum absolute atomic E-state index is 0.160. The predicted molar refractivity (Wildman–Crippen MR) is 110 cm³/mol. The maximum atomic E-state index is 12.7. The minimum Gasteiger partial charge on any atom is -0.471 e. The second-order valence-electron chi connectivity index (χ2n) is 8.21. The summed E-state index contributed by atoms with van der Waals surface area (Å²) < 4.78 is 9.63. The molecule has 3 aromatic heterocycles. The molecule has 2 aliphatic rings. The molecule has 1 aliphatic heterocycles. The molecular formula is C20H25N7O2. The number of rotatable bonds is 5. The van der Waals surface area contributed by atoms with Gasteiger partial charge in [-0.1, -0.05) is 0 Å². The molecule has 0 atom stereocenters. The highest BCUT2D eigenvalue weighted by atomic mass is 16.5. The lowest BCUT2D eigenvalue weighted by Crippen LogP contribution is -2.29. The molecule has 1 saturated heterocycles. The van der Waals surface area contributed by atoms with E-state index in [0.717, 1.165) is 44.5 Å². The zero-order valence-corrected chi connectivity index (χ0v) is 16.7. The van der Waals surface area contributed by atoms with Gasteiger partial charge in [0.1, 0.15) is 11.0 Å². The average molecular weight is 395 g/mol. The van der Waals surface area contributed by atoms with E-state index >= 15 is 0 Å². The van der Waals surface area contributed by atoms with Crippen LogP contribution >= 0.6 is 0 Å². The quantitative estimate of drug-likeness (QED) is 0.683. The second kappa shape index (κ2) is 6.84. The average Bonchev–Trinajstić information content (AvgIpc) is 3.25. The summed E-state index contributed by atoms with van der Waals surface area (Å²) in [6.45, 7) is 4.05. The van der Waals surface area contributed by atoms with Gasteiger partial charge in [-0.05, 0) is 51.8 Å². The number of hydrogen-bond acceptors (Lipinski definition) is 7. The fraction of sp³-hybridized carbons (Fsp3) is 0.500. The highest BCUT2D eigenvalue weighted by Crippen LogP contribution is 2.40. The summed E-state index contributed by atoms with van der Waals surface area (Å²) in [6, 6.07) is 2.21. The van der Waals surface area contributed by atoms with Crippen LogP contribution in [0.1, 0.15) is 38.6 Å². The Hall–Kier alpha value is -2.94. The molecule has 152 valence electrons. The summed E-state index contributed by atoms with van der Waals surface area (Å²) in [5, 5.41) is 11.5. The van der Waals surface area contributed by atoms with Gasteiger partial charge in [-0.3, -0.25) is 9.48 Å². The smallest absolute Gasteiger partial charge is 0.265 e. The van der Waals surface area contributed by atoms with Gasteiger partial charge >= 0.3 is 0 Å². The first-order valence-corrected chi connectivity index (χ1v) is 10.1. The summed E-state index contributed by atoms with van der Waals surface area (Å²) in [5.74, 6) is 0.735. The molecule has 1 saturated carbocycles. The Morgan fingerprint density at radius 2 is 2.07 bits per heavy atom. The lowest BCUT2D eigenvalue weighted by atomic mass is 10.1. The van der Waals surface area contributed by atoms with Crippen LogP contribution < -0.4 is 20.9 Å². The molecule has 1 aliphatic carbocycles. The van der Waals surface area contributed by atoms with Crippen molar-refractivity contribution in [3.63, 3.8) is 0 Å². The number of aryl methyl sites for hydroxylation is 1. The number of hydrogen-bond donors (Lipinski definition) is 2. The summed E-state index contributed by atoms with van der Waals surface area (Å²) in [6.07, 6.45) is 9.51. The van der Waals surface area contributed by atoms with Crippen molar-refractivity contribution in [3.8, 4) is 5.88 Å². The van der Waals surface area contributed by atoms with Crippen LogP contribution in [0.2, 0.25) is 0 Å². The Balaban J connectivity index is 1.48. The molecule has 9 heteroatoms. The molecule has 4 heterocycles. The van der Waals surface area contributed by atoms with Crippen LogP contribution in [-0.4, -0.2) is 43.0 Å². The summed E-state index contributed by atoms with van der Waals surface area (Å²) in [5.41, 5.74) is 0.970. The maximum absolute atomic E-state index is 12.7. The van der Waals surface area contributed by atoms with E-state index < -0.39 is 0 Å². The fourth-order valence-electron chi connectivity index (χ4n) is 3.65. The molecule has 0 radical (unpaired) electrons. The third kappa shape index (κ3) is 3.57. The molecule has 0 bridgehead atoms. The van der Waals surface area contributed by atoms with E-state index in [2.05, 4.69) is 25.7 Å². The highest BCUT2D eigenvalue weighted by Gasteiger charge is 2.41. The van der Waals surface area contributed by atoms with Gasteiger partial charge in [0.05, 0.1) is 23.4 Å². The van der Waals surface area contributed by atoms with Gasteiger partial charge in [-0.15, -0.1) is 0 Å². The van der Waals surface area contributed by atoms with Crippen molar-refractivity contribution in [3.05, 3.63) is 35.0 Å². The number of fused-ring (bicyclic) bond motifs is 1. The number of nitrogens with zero attached hydrogens (tertiary/aromatic N) is 5. The molecule has 0 amide bonds. The topological polar surface area (TPSA) is 98.9 Å². The van der Waals surface area contributed by atoms with Crippen LogP contribution in [-0.2, 0) is 7.05 Å². The van der Waals surface area contributed by atoms with E-state index in [1.165, 1.54) is 4.57 Å². The van der Waals surface area contributed by atoms with Gasteiger partial charge in [0.15, 0.2) is 0 Å². The van der Waals surface area contributed by atoms with Crippen molar-refractivity contribution in [2.45, 2.75) is 44.2 Å². The zero-order valence-electron chi connectivity index (χ0n) is 16.7. The number of pyridine rings is 1. The molecule has 3 aromatic rings. The van der Waals surface area contributed by atoms with Crippen molar-refractivity contribution in [2.24, 2.45) is 7.05 Å². The van der Waals surface area contributed by atoms with Gasteiger partial charge in [0, 0.05) is 19.4 Å². The Kier molecular flexibility index (Phi) is 4.27.